The Morgan fingerprint density at radius 1 is 1.20 bits per heavy atom. The Hall–Kier alpha value is -2.31. The smallest absolute Gasteiger partial charge is 0.380 e. The first-order valence-electron chi connectivity index (χ1n) is 7.99. The zero-order valence-corrected chi connectivity index (χ0v) is 14.7. The lowest BCUT2D eigenvalue weighted by molar-refractivity contribution is -0.137. The van der Waals surface area contributed by atoms with Crippen molar-refractivity contribution in [3.05, 3.63) is 35.5 Å². The van der Waals surface area contributed by atoms with Gasteiger partial charge in [-0.3, -0.25) is 9.78 Å². The van der Waals surface area contributed by atoms with E-state index in [1.165, 1.54) is 6.07 Å². The maximum Gasteiger partial charge on any atom is 0.416 e. The summed E-state index contributed by atoms with van der Waals surface area (Å²) in [6.45, 7) is 5.63. The molecule has 7 heteroatoms. The van der Waals surface area contributed by atoms with E-state index >= 15 is 0 Å². The zero-order valence-electron chi connectivity index (χ0n) is 14.7. The summed E-state index contributed by atoms with van der Waals surface area (Å²) in [5, 5.41) is 6.53. The molecule has 1 heterocycles. The lowest BCUT2D eigenvalue weighted by atomic mass is 9.96. The fourth-order valence-electron chi connectivity index (χ4n) is 2.62. The standard InChI is InChI=1S/C18H22F3N3O/c1-11-9-15(24-17(2,3)8-7-16(25)22-4)13-6-5-12(18(19,20)21)10-14(13)23-11/h5-6,9-10H,7-8H2,1-4H3,(H,22,25)(H,23,24). The number of aryl methyl sites for hydroxylation is 1. The van der Waals surface area contributed by atoms with E-state index in [0.717, 1.165) is 12.1 Å². The monoisotopic (exact) mass is 353 g/mol. The molecule has 1 amide bonds. The first-order valence-corrected chi connectivity index (χ1v) is 7.99. The van der Waals surface area contributed by atoms with E-state index in [1.54, 1.807) is 20.0 Å². The third-order valence-electron chi connectivity index (χ3n) is 3.99. The third kappa shape index (κ3) is 4.84. The minimum atomic E-state index is -4.40. The number of benzene rings is 1. The van der Waals surface area contributed by atoms with Crippen LogP contribution < -0.4 is 10.6 Å². The molecule has 2 N–H and O–H groups in total. The number of hydrogen-bond donors (Lipinski definition) is 2. The fourth-order valence-corrected chi connectivity index (χ4v) is 2.62. The number of rotatable bonds is 5. The molecule has 0 unspecified atom stereocenters. The number of halogens is 3. The number of alkyl halides is 3. The largest absolute Gasteiger partial charge is 0.416 e. The summed E-state index contributed by atoms with van der Waals surface area (Å²) in [6.07, 6.45) is -3.47. The molecule has 25 heavy (non-hydrogen) atoms. The van der Waals surface area contributed by atoms with Gasteiger partial charge in [0.15, 0.2) is 0 Å². The summed E-state index contributed by atoms with van der Waals surface area (Å²) in [7, 11) is 1.58. The highest BCUT2D eigenvalue weighted by Crippen LogP contribution is 2.34. The highest BCUT2D eigenvalue weighted by Gasteiger charge is 2.31. The van der Waals surface area contributed by atoms with Gasteiger partial charge in [0.2, 0.25) is 5.91 Å². The van der Waals surface area contributed by atoms with Crippen LogP contribution >= 0.6 is 0 Å². The number of anilines is 1. The molecule has 0 atom stereocenters. The molecule has 2 aromatic rings. The molecule has 0 aliphatic heterocycles. The molecule has 0 saturated heterocycles. The normalized spacial score (nSPS) is 12.3. The average Bonchev–Trinajstić information content (AvgIpc) is 2.50. The van der Waals surface area contributed by atoms with Crippen LogP contribution in [0.15, 0.2) is 24.3 Å². The Balaban J connectivity index is 2.36. The van der Waals surface area contributed by atoms with Crippen LogP contribution in [0.3, 0.4) is 0 Å². The van der Waals surface area contributed by atoms with E-state index in [-0.39, 0.29) is 5.91 Å². The lowest BCUT2D eigenvalue weighted by Gasteiger charge is -2.28. The second kappa shape index (κ2) is 6.90. The van der Waals surface area contributed by atoms with Crippen molar-refractivity contribution in [1.29, 1.82) is 0 Å². The number of carbonyl (C=O) groups excluding carboxylic acids is 1. The molecule has 0 spiro atoms. The minimum absolute atomic E-state index is 0.0551. The van der Waals surface area contributed by atoms with E-state index < -0.39 is 17.3 Å². The van der Waals surface area contributed by atoms with Gasteiger partial charge in [0.1, 0.15) is 0 Å². The maximum absolute atomic E-state index is 12.9. The van der Waals surface area contributed by atoms with E-state index in [2.05, 4.69) is 15.6 Å². The van der Waals surface area contributed by atoms with Crippen molar-refractivity contribution >= 4 is 22.5 Å². The quantitative estimate of drug-likeness (QED) is 0.844. The molecular formula is C18H22F3N3O. The van der Waals surface area contributed by atoms with Gasteiger partial charge in [0, 0.05) is 35.8 Å². The molecule has 136 valence electrons. The summed E-state index contributed by atoms with van der Waals surface area (Å²) in [6, 6.07) is 5.35. The molecule has 2 rings (SSSR count). The van der Waals surface area contributed by atoms with Crippen molar-refractivity contribution in [3.63, 3.8) is 0 Å². The summed E-state index contributed by atoms with van der Waals surface area (Å²) < 4.78 is 38.7. The summed E-state index contributed by atoms with van der Waals surface area (Å²) in [5.41, 5.74) is 0.493. The van der Waals surface area contributed by atoms with Gasteiger partial charge < -0.3 is 10.6 Å². The van der Waals surface area contributed by atoms with Crippen LogP contribution in [-0.4, -0.2) is 23.5 Å². The van der Waals surface area contributed by atoms with Crippen LogP contribution in [-0.2, 0) is 11.0 Å². The lowest BCUT2D eigenvalue weighted by Crippen LogP contribution is -2.33. The summed E-state index contributed by atoms with van der Waals surface area (Å²) in [5.74, 6) is -0.0551. The molecule has 0 radical (unpaired) electrons. The van der Waals surface area contributed by atoms with E-state index in [1.807, 2.05) is 13.8 Å². The Bertz CT molecular complexity index is 785. The van der Waals surface area contributed by atoms with Crippen LogP contribution in [0.25, 0.3) is 10.9 Å². The molecule has 1 aromatic heterocycles. The highest BCUT2D eigenvalue weighted by molar-refractivity contribution is 5.92. The SMILES string of the molecule is CNC(=O)CCC(C)(C)Nc1cc(C)nc2cc(C(F)(F)F)ccc12. The van der Waals surface area contributed by atoms with Gasteiger partial charge in [-0.2, -0.15) is 13.2 Å². The Kier molecular flexibility index (Phi) is 5.25. The van der Waals surface area contributed by atoms with Crippen molar-refractivity contribution in [2.45, 2.75) is 45.3 Å². The number of pyridine rings is 1. The van der Waals surface area contributed by atoms with Crippen molar-refractivity contribution < 1.29 is 18.0 Å². The Morgan fingerprint density at radius 2 is 1.88 bits per heavy atom. The van der Waals surface area contributed by atoms with Crippen LogP contribution in [0.2, 0.25) is 0 Å². The molecule has 0 saturated carbocycles. The van der Waals surface area contributed by atoms with Gasteiger partial charge >= 0.3 is 6.18 Å². The van der Waals surface area contributed by atoms with Crippen LogP contribution in [0.1, 0.15) is 37.9 Å². The van der Waals surface area contributed by atoms with Crippen molar-refractivity contribution in [3.8, 4) is 0 Å². The van der Waals surface area contributed by atoms with Crippen molar-refractivity contribution in [1.82, 2.24) is 10.3 Å². The first kappa shape index (κ1) is 19.0. The highest BCUT2D eigenvalue weighted by atomic mass is 19.4. The van der Waals surface area contributed by atoms with Crippen LogP contribution in [0.4, 0.5) is 18.9 Å². The Labute approximate surface area is 144 Å². The fraction of sp³-hybridized carbons (Fsp3) is 0.444. The summed E-state index contributed by atoms with van der Waals surface area (Å²) in [4.78, 5) is 15.7. The van der Waals surface area contributed by atoms with Gasteiger partial charge in [-0.25, -0.2) is 0 Å². The van der Waals surface area contributed by atoms with E-state index in [0.29, 0.717) is 35.1 Å². The second-order valence-corrected chi connectivity index (χ2v) is 6.72. The summed E-state index contributed by atoms with van der Waals surface area (Å²) >= 11 is 0. The molecule has 0 aliphatic rings. The maximum atomic E-state index is 12.9. The van der Waals surface area contributed by atoms with Crippen molar-refractivity contribution in [2.24, 2.45) is 0 Å². The predicted octanol–water partition coefficient (Wildman–Crippen LogP) is 4.28. The minimum Gasteiger partial charge on any atom is -0.380 e. The van der Waals surface area contributed by atoms with Crippen LogP contribution in [0, 0.1) is 6.92 Å². The number of carbonyl (C=O) groups is 1. The predicted molar refractivity (Wildman–Crippen MR) is 92.5 cm³/mol. The van der Waals surface area contributed by atoms with Crippen LogP contribution in [0.5, 0.6) is 0 Å². The number of hydrogen-bond acceptors (Lipinski definition) is 3. The number of amides is 1. The molecular weight excluding hydrogens is 331 g/mol. The second-order valence-electron chi connectivity index (χ2n) is 6.72. The molecule has 1 aromatic carbocycles. The molecule has 0 fully saturated rings. The topological polar surface area (TPSA) is 54.0 Å². The first-order chi connectivity index (χ1) is 11.5. The van der Waals surface area contributed by atoms with Gasteiger partial charge in [-0.15, -0.1) is 0 Å². The van der Waals surface area contributed by atoms with Gasteiger partial charge in [-0.1, -0.05) is 6.07 Å². The third-order valence-corrected chi connectivity index (χ3v) is 3.99. The molecule has 0 bridgehead atoms. The van der Waals surface area contributed by atoms with Gasteiger partial charge in [-0.05, 0) is 45.4 Å². The number of nitrogens with one attached hydrogen (secondary N) is 2. The van der Waals surface area contributed by atoms with Gasteiger partial charge in [0.05, 0.1) is 11.1 Å². The number of nitrogens with zero attached hydrogens (tertiary/aromatic N) is 1. The van der Waals surface area contributed by atoms with Gasteiger partial charge in [0.25, 0.3) is 0 Å². The van der Waals surface area contributed by atoms with E-state index in [4.69, 9.17) is 0 Å². The average molecular weight is 353 g/mol. The van der Waals surface area contributed by atoms with E-state index in [9.17, 15) is 18.0 Å². The number of aromatic nitrogens is 1. The molecule has 0 aliphatic carbocycles. The van der Waals surface area contributed by atoms with Crippen molar-refractivity contribution in [2.75, 3.05) is 12.4 Å². The number of fused-ring (bicyclic) bond motifs is 1. The zero-order chi connectivity index (χ0) is 18.8. The Morgan fingerprint density at radius 3 is 2.48 bits per heavy atom. The molecule has 4 nitrogen and oxygen atoms in total.